The third-order valence-corrected chi connectivity index (χ3v) is 11.1. The van der Waals surface area contributed by atoms with Crippen molar-refractivity contribution in [2.75, 3.05) is 26.3 Å². The lowest BCUT2D eigenvalue weighted by molar-refractivity contribution is -0.230. The number of rotatable bonds is 6. The molecular formula is C38H43N3O11. The van der Waals surface area contributed by atoms with Crippen LogP contribution in [0.2, 0.25) is 0 Å². The highest BCUT2D eigenvalue weighted by molar-refractivity contribution is 5.92. The smallest absolute Gasteiger partial charge is 0.274 e. The van der Waals surface area contributed by atoms with Gasteiger partial charge >= 0.3 is 0 Å². The second-order valence-corrected chi connectivity index (χ2v) is 14.0. The van der Waals surface area contributed by atoms with E-state index in [1.54, 1.807) is 4.90 Å². The van der Waals surface area contributed by atoms with Gasteiger partial charge in [-0.1, -0.05) is 36.1 Å². The average molecular weight is 718 g/mol. The molecule has 2 aromatic carbocycles. The topological polar surface area (TPSA) is 226 Å². The summed E-state index contributed by atoms with van der Waals surface area (Å²) in [6.45, 7) is -0.149. The maximum Gasteiger partial charge on any atom is 0.274 e. The number of likely N-dealkylation sites (tertiary alicyclic amines) is 1. The number of piperidine rings is 1. The van der Waals surface area contributed by atoms with Crippen LogP contribution in [-0.4, -0.2) is 149 Å². The number of aliphatic hydroxyl groups excluding tert-OH is 8. The number of benzene rings is 2. The summed E-state index contributed by atoms with van der Waals surface area (Å²) in [5, 5.41) is 81.3. The molecule has 4 aliphatic rings. The lowest BCUT2D eigenvalue weighted by Gasteiger charge is -2.41. The number of nitrogens with zero attached hydrogens (tertiary/aromatic N) is 3. The first-order valence-corrected chi connectivity index (χ1v) is 17.5. The first-order valence-electron chi connectivity index (χ1n) is 17.5. The van der Waals surface area contributed by atoms with E-state index in [2.05, 4.69) is 33.9 Å². The zero-order chi connectivity index (χ0) is 36.7. The van der Waals surface area contributed by atoms with Crippen molar-refractivity contribution >= 4 is 5.91 Å². The minimum Gasteiger partial charge on any atom is -0.394 e. The Morgan fingerprint density at radius 2 is 1.42 bits per heavy atom. The van der Waals surface area contributed by atoms with Gasteiger partial charge in [-0.05, 0) is 65.6 Å². The number of ether oxygens (including phenoxy) is 2. The molecule has 52 heavy (non-hydrogen) atoms. The van der Waals surface area contributed by atoms with Gasteiger partial charge in [0.15, 0.2) is 0 Å². The van der Waals surface area contributed by atoms with Crippen LogP contribution in [0.25, 0.3) is 11.1 Å². The summed E-state index contributed by atoms with van der Waals surface area (Å²) in [6, 6.07) is 12.1. The maximum atomic E-state index is 13.3. The molecule has 4 heterocycles. The van der Waals surface area contributed by atoms with E-state index in [0.717, 1.165) is 27.8 Å². The van der Waals surface area contributed by atoms with Crippen molar-refractivity contribution in [2.24, 2.45) is 0 Å². The molecule has 0 unspecified atom stereocenters. The van der Waals surface area contributed by atoms with Gasteiger partial charge in [-0.25, -0.2) is 4.98 Å². The van der Waals surface area contributed by atoms with Gasteiger partial charge in [0.1, 0.15) is 60.6 Å². The molecule has 14 nitrogen and oxygen atoms in total. The third-order valence-electron chi connectivity index (χ3n) is 11.1. The summed E-state index contributed by atoms with van der Waals surface area (Å²) in [6.07, 6.45) is -6.20. The molecule has 3 aromatic rings. The van der Waals surface area contributed by atoms with Crippen LogP contribution in [-0.2, 0) is 21.3 Å². The van der Waals surface area contributed by atoms with E-state index >= 15 is 0 Å². The van der Waals surface area contributed by atoms with Gasteiger partial charge in [-0.15, -0.1) is 0 Å². The minimum atomic E-state index is -1.53. The molecule has 14 heteroatoms. The Kier molecular flexibility index (Phi) is 10.4. The second kappa shape index (κ2) is 14.9. The van der Waals surface area contributed by atoms with Crippen molar-refractivity contribution < 1.29 is 55.1 Å². The molecule has 1 aromatic heterocycles. The van der Waals surface area contributed by atoms with Crippen LogP contribution in [0.1, 0.15) is 52.0 Å². The van der Waals surface area contributed by atoms with Gasteiger partial charge < -0.3 is 55.2 Å². The van der Waals surface area contributed by atoms with E-state index in [9.17, 15) is 45.6 Å². The van der Waals surface area contributed by atoms with Crippen molar-refractivity contribution in [3.8, 4) is 23.0 Å². The highest BCUT2D eigenvalue weighted by atomic mass is 16.5. The zero-order valence-corrected chi connectivity index (χ0v) is 28.3. The number of aliphatic hydroxyl groups is 8. The predicted octanol–water partition coefficient (Wildman–Crippen LogP) is -1.35. The quantitative estimate of drug-likeness (QED) is 0.138. The second-order valence-electron chi connectivity index (χ2n) is 14.0. The van der Waals surface area contributed by atoms with Crippen LogP contribution in [0.5, 0.6) is 0 Å². The summed E-state index contributed by atoms with van der Waals surface area (Å²) < 4.78 is 11.3. The molecule has 3 aliphatic heterocycles. The Hall–Kier alpha value is -3.85. The van der Waals surface area contributed by atoms with Crippen LogP contribution in [0.4, 0.5) is 0 Å². The fourth-order valence-corrected chi connectivity index (χ4v) is 8.08. The standard InChI is InChI=1S/C38H43N3O11/c42-18-29-33(46)35(48)31(44)27(51-29)7-3-20-1-5-22-23-6-2-21(4-8-28-32(45)36(49)34(47)30(19-43)52-28)16-25(23)38(24(22)15-20)9-13-41(14-10-38)37(50)26-17-39-11-12-40-26/h1-2,5-6,11-12,15-17,27-36,42-49H,3,7,9-10,13-14,18-19H2/t27-,28-,29-,30-,31-,32-,33-,34-,35-,36-/m1/s1. The number of fused-ring (bicyclic) bond motifs is 5. The zero-order valence-electron chi connectivity index (χ0n) is 28.3. The van der Waals surface area contributed by atoms with E-state index in [4.69, 9.17) is 9.47 Å². The number of amides is 1. The molecule has 1 aliphatic carbocycles. The number of aromatic nitrogens is 2. The molecule has 10 atom stereocenters. The molecule has 1 amide bonds. The Morgan fingerprint density at radius 3 is 2.10 bits per heavy atom. The fraction of sp³-hybridized carbons (Fsp3) is 0.500. The molecule has 0 radical (unpaired) electrons. The molecule has 276 valence electrons. The van der Waals surface area contributed by atoms with Gasteiger partial charge in [-0.2, -0.15) is 0 Å². The van der Waals surface area contributed by atoms with Crippen LogP contribution in [0.3, 0.4) is 0 Å². The normalized spacial score (nSPS) is 32.1. The number of aryl methyl sites for hydroxylation is 1. The lowest BCUT2D eigenvalue weighted by Crippen LogP contribution is -2.58. The van der Waals surface area contributed by atoms with Gasteiger partial charge in [0.2, 0.25) is 0 Å². The largest absolute Gasteiger partial charge is 0.394 e. The number of hydrogen-bond acceptors (Lipinski definition) is 13. The number of carbonyl (C=O) groups is 1. The molecule has 3 saturated heterocycles. The Bertz CT molecular complexity index is 1820. The monoisotopic (exact) mass is 717 g/mol. The lowest BCUT2D eigenvalue weighted by atomic mass is 9.70. The average Bonchev–Trinajstić information content (AvgIpc) is 3.43. The van der Waals surface area contributed by atoms with Gasteiger partial charge in [0, 0.05) is 36.5 Å². The van der Waals surface area contributed by atoms with Crippen molar-refractivity contribution in [3.05, 3.63) is 82.9 Å². The summed E-state index contributed by atoms with van der Waals surface area (Å²) in [4.78, 5) is 23.4. The van der Waals surface area contributed by atoms with Gasteiger partial charge in [0.25, 0.3) is 5.91 Å². The van der Waals surface area contributed by atoms with Crippen LogP contribution < -0.4 is 0 Å². The SMILES string of the molecule is O=C(c1cnccn1)N1CCC2(CC1)c1cc(C#C[C@H]3O[C@H](CO)[C@@H](O)[C@H](O)[C@@H]3O)ccc1-c1ccc(CC[C@H]3O[C@H](CO)[C@@H](O)[C@H](O)[C@@H]3O)cc12. The molecule has 1 spiro atoms. The van der Waals surface area contributed by atoms with Crippen molar-refractivity contribution in [2.45, 2.75) is 92.1 Å². The van der Waals surface area contributed by atoms with E-state index < -0.39 is 79.7 Å². The minimum absolute atomic E-state index is 0.200. The summed E-state index contributed by atoms with van der Waals surface area (Å²) in [5.74, 6) is 5.72. The highest BCUT2D eigenvalue weighted by Crippen LogP contribution is 2.54. The molecule has 0 saturated carbocycles. The van der Waals surface area contributed by atoms with Crippen molar-refractivity contribution in [3.63, 3.8) is 0 Å². The number of carbonyl (C=O) groups excluding carboxylic acids is 1. The van der Waals surface area contributed by atoms with Crippen molar-refractivity contribution in [1.29, 1.82) is 0 Å². The van der Waals surface area contributed by atoms with E-state index in [1.165, 1.54) is 18.6 Å². The van der Waals surface area contributed by atoms with Gasteiger partial charge in [0.05, 0.1) is 25.5 Å². The Balaban J connectivity index is 1.18. The fourth-order valence-electron chi connectivity index (χ4n) is 8.08. The molecule has 3 fully saturated rings. The molecule has 8 N–H and O–H groups in total. The summed E-state index contributed by atoms with van der Waals surface area (Å²) in [7, 11) is 0. The van der Waals surface area contributed by atoms with E-state index in [0.29, 0.717) is 44.3 Å². The van der Waals surface area contributed by atoms with Crippen LogP contribution in [0.15, 0.2) is 55.0 Å². The molecule has 7 rings (SSSR count). The Morgan fingerprint density at radius 1 is 0.788 bits per heavy atom. The first-order chi connectivity index (χ1) is 25.1. The summed E-state index contributed by atoms with van der Waals surface area (Å²) in [5.41, 5.74) is 5.53. The van der Waals surface area contributed by atoms with Gasteiger partial charge in [-0.3, -0.25) is 9.78 Å². The maximum absolute atomic E-state index is 13.3. The molecule has 0 bridgehead atoms. The summed E-state index contributed by atoms with van der Waals surface area (Å²) >= 11 is 0. The predicted molar refractivity (Wildman–Crippen MR) is 183 cm³/mol. The third kappa shape index (κ3) is 6.52. The number of hydrogen-bond donors (Lipinski definition) is 8. The van der Waals surface area contributed by atoms with Crippen LogP contribution in [0, 0.1) is 11.8 Å². The van der Waals surface area contributed by atoms with Crippen molar-refractivity contribution in [1.82, 2.24) is 14.9 Å². The van der Waals surface area contributed by atoms with E-state index in [-0.39, 0.29) is 11.6 Å². The van der Waals surface area contributed by atoms with E-state index in [1.807, 2.05) is 24.3 Å². The first kappa shape index (κ1) is 36.5. The van der Waals surface area contributed by atoms with Crippen LogP contribution >= 0.6 is 0 Å². The Labute approximate surface area is 299 Å². The molecular weight excluding hydrogens is 674 g/mol. The highest BCUT2D eigenvalue weighted by Gasteiger charge is 2.47.